The predicted molar refractivity (Wildman–Crippen MR) is 91.4 cm³/mol. The molecule has 3 N–H and O–H groups in total. The van der Waals surface area contributed by atoms with Gasteiger partial charge in [0.15, 0.2) is 0 Å². The largest absolute Gasteiger partial charge is 0.390 e. The molecule has 2 heterocycles. The molecule has 2 aliphatic heterocycles. The van der Waals surface area contributed by atoms with E-state index in [9.17, 15) is 14.7 Å². The standard InChI is InChI=1S/C18H31N3O3/c1-2-12-21-16(23)14(15(22)13-6-4-3-5-7-13)20-17(24)18(21)8-10-19-11-9-18/h13-15,19,22H,2-12H2,1H3,(H,20,24). The molecule has 1 spiro atoms. The van der Waals surface area contributed by atoms with Crippen molar-refractivity contribution in [3.63, 3.8) is 0 Å². The fraction of sp³-hybridized carbons (Fsp3) is 0.889. The number of aliphatic hydroxyl groups excluding tert-OH is 1. The van der Waals surface area contributed by atoms with Gasteiger partial charge in [0.1, 0.15) is 11.6 Å². The van der Waals surface area contributed by atoms with Crippen molar-refractivity contribution < 1.29 is 14.7 Å². The molecule has 3 fully saturated rings. The van der Waals surface area contributed by atoms with Crippen LogP contribution in [-0.4, -0.2) is 59.1 Å². The topological polar surface area (TPSA) is 81.7 Å². The van der Waals surface area contributed by atoms with Crippen LogP contribution in [0.1, 0.15) is 58.3 Å². The number of piperidine rings is 1. The van der Waals surface area contributed by atoms with Gasteiger partial charge in [0, 0.05) is 6.54 Å². The zero-order valence-electron chi connectivity index (χ0n) is 14.7. The molecule has 3 rings (SSSR count). The Hall–Kier alpha value is -1.14. The Kier molecular flexibility index (Phi) is 5.45. The fourth-order valence-corrected chi connectivity index (χ4v) is 4.70. The molecule has 24 heavy (non-hydrogen) atoms. The van der Waals surface area contributed by atoms with Crippen LogP contribution in [0.4, 0.5) is 0 Å². The Morgan fingerprint density at radius 1 is 1.21 bits per heavy atom. The second-order valence-electron chi connectivity index (χ2n) is 7.61. The van der Waals surface area contributed by atoms with Crippen LogP contribution in [0.3, 0.4) is 0 Å². The summed E-state index contributed by atoms with van der Waals surface area (Å²) in [5.41, 5.74) is -0.721. The number of hydrogen-bond acceptors (Lipinski definition) is 4. The third kappa shape index (κ3) is 3.06. The Bertz CT molecular complexity index is 470. The van der Waals surface area contributed by atoms with Gasteiger partial charge in [0.25, 0.3) is 0 Å². The first-order chi connectivity index (χ1) is 11.6. The second kappa shape index (κ2) is 7.40. The normalized spacial score (nSPS) is 29.6. The second-order valence-corrected chi connectivity index (χ2v) is 7.61. The smallest absolute Gasteiger partial charge is 0.248 e. The van der Waals surface area contributed by atoms with Gasteiger partial charge in [-0.25, -0.2) is 0 Å². The minimum atomic E-state index is -0.771. The van der Waals surface area contributed by atoms with E-state index in [0.717, 1.165) is 45.2 Å². The number of nitrogens with zero attached hydrogens (tertiary/aromatic N) is 1. The van der Waals surface area contributed by atoms with Crippen molar-refractivity contribution in [2.24, 2.45) is 5.92 Å². The van der Waals surface area contributed by atoms with Crippen LogP contribution < -0.4 is 10.6 Å². The van der Waals surface area contributed by atoms with Gasteiger partial charge in [0.05, 0.1) is 6.10 Å². The lowest BCUT2D eigenvalue weighted by Gasteiger charge is -2.51. The van der Waals surface area contributed by atoms with Crippen LogP contribution in [0.5, 0.6) is 0 Å². The molecule has 2 saturated heterocycles. The summed E-state index contributed by atoms with van der Waals surface area (Å²) in [6.07, 6.45) is 6.66. The van der Waals surface area contributed by atoms with Crippen LogP contribution in [0.15, 0.2) is 0 Å². The Morgan fingerprint density at radius 2 is 1.88 bits per heavy atom. The molecular weight excluding hydrogens is 306 g/mol. The summed E-state index contributed by atoms with van der Waals surface area (Å²) in [7, 11) is 0. The van der Waals surface area contributed by atoms with E-state index in [4.69, 9.17) is 0 Å². The van der Waals surface area contributed by atoms with Gasteiger partial charge in [-0.2, -0.15) is 0 Å². The van der Waals surface area contributed by atoms with Gasteiger partial charge in [-0.05, 0) is 51.1 Å². The Labute approximate surface area is 144 Å². The van der Waals surface area contributed by atoms with Crippen molar-refractivity contribution in [2.45, 2.75) is 76.0 Å². The molecule has 1 saturated carbocycles. The van der Waals surface area contributed by atoms with Crippen molar-refractivity contribution in [2.75, 3.05) is 19.6 Å². The van der Waals surface area contributed by atoms with Gasteiger partial charge in [-0.1, -0.05) is 26.2 Å². The maximum atomic E-state index is 13.1. The molecule has 1 aliphatic carbocycles. The van der Waals surface area contributed by atoms with Crippen molar-refractivity contribution in [3.8, 4) is 0 Å². The first kappa shape index (κ1) is 17.7. The summed E-state index contributed by atoms with van der Waals surface area (Å²) in [4.78, 5) is 27.9. The Morgan fingerprint density at radius 3 is 2.50 bits per heavy atom. The molecule has 0 aromatic heterocycles. The van der Waals surface area contributed by atoms with Gasteiger partial charge in [-0.3, -0.25) is 9.59 Å². The molecule has 0 radical (unpaired) electrons. The molecule has 2 atom stereocenters. The molecule has 2 unspecified atom stereocenters. The van der Waals surface area contributed by atoms with E-state index in [2.05, 4.69) is 10.6 Å². The van der Waals surface area contributed by atoms with E-state index in [1.165, 1.54) is 6.42 Å². The summed E-state index contributed by atoms with van der Waals surface area (Å²) >= 11 is 0. The Balaban J connectivity index is 1.81. The van der Waals surface area contributed by atoms with Gasteiger partial charge >= 0.3 is 0 Å². The molecule has 0 aromatic rings. The number of carbonyl (C=O) groups excluding carboxylic acids is 2. The van der Waals surface area contributed by atoms with Crippen LogP contribution in [0.25, 0.3) is 0 Å². The molecule has 2 amide bonds. The zero-order chi connectivity index (χ0) is 17.2. The highest BCUT2D eigenvalue weighted by molar-refractivity contribution is 6.00. The average molecular weight is 337 g/mol. The number of hydrogen-bond donors (Lipinski definition) is 3. The molecule has 3 aliphatic rings. The number of rotatable bonds is 4. The van der Waals surface area contributed by atoms with Gasteiger partial charge < -0.3 is 20.6 Å². The minimum Gasteiger partial charge on any atom is -0.390 e. The van der Waals surface area contributed by atoms with E-state index in [-0.39, 0.29) is 17.7 Å². The van der Waals surface area contributed by atoms with E-state index < -0.39 is 17.7 Å². The van der Waals surface area contributed by atoms with E-state index in [0.29, 0.717) is 19.4 Å². The maximum absolute atomic E-state index is 13.1. The lowest BCUT2D eigenvalue weighted by Crippen LogP contribution is -2.74. The molecule has 136 valence electrons. The maximum Gasteiger partial charge on any atom is 0.248 e. The minimum absolute atomic E-state index is 0.0723. The van der Waals surface area contributed by atoms with E-state index >= 15 is 0 Å². The van der Waals surface area contributed by atoms with Crippen LogP contribution >= 0.6 is 0 Å². The molecule has 6 heteroatoms. The number of amides is 2. The van der Waals surface area contributed by atoms with Gasteiger partial charge in [-0.15, -0.1) is 0 Å². The quantitative estimate of drug-likeness (QED) is 0.708. The fourth-order valence-electron chi connectivity index (χ4n) is 4.70. The van der Waals surface area contributed by atoms with Crippen LogP contribution in [-0.2, 0) is 9.59 Å². The van der Waals surface area contributed by atoms with Crippen LogP contribution in [0, 0.1) is 5.92 Å². The number of nitrogens with one attached hydrogen (secondary N) is 2. The third-order valence-electron chi connectivity index (χ3n) is 6.11. The molecular formula is C18H31N3O3. The average Bonchev–Trinajstić information content (AvgIpc) is 2.63. The highest BCUT2D eigenvalue weighted by atomic mass is 16.3. The summed E-state index contributed by atoms with van der Waals surface area (Å²) in [5.74, 6) is -0.0353. The lowest BCUT2D eigenvalue weighted by atomic mass is 9.78. The number of piperazine rings is 1. The third-order valence-corrected chi connectivity index (χ3v) is 6.11. The van der Waals surface area contributed by atoms with E-state index in [1.807, 2.05) is 6.92 Å². The molecule has 0 aromatic carbocycles. The number of carbonyl (C=O) groups is 2. The summed E-state index contributed by atoms with van der Waals surface area (Å²) in [5, 5.41) is 17.0. The van der Waals surface area contributed by atoms with E-state index in [1.54, 1.807) is 4.90 Å². The molecule has 0 bridgehead atoms. The molecule has 6 nitrogen and oxygen atoms in total. The lowest BCUT2D eigenvalue weighted by molar-refractivity contribution is -0.164. The van der Waals surface area contributed by atoms with Gasteiger partial charge in [0.2, 0.25) is 11.8 Å². The number of aliphatic hydroxyl groups is 1. The SMILES string of the molecule is CCCN1C(=O)C(C(O)C2CCCCC2)NC(=O)C12CCNCC2. The van der Waals surface area contributed by atoms with Crippen molar-refractivity contribution >= 4 is 11.8 Å². The van der Waals surface area contributed by atoms with Crippen molar-refractivity contribution in [1.82, 2.24) is 15.5 Å². The first-order valence-corrected chi connectivity index (χ1v) is 9.61. The summed E-state index contributed by atoms with van der Waals surface area (Å²) in [6.45, 7) is 4.11. The summed E-state index contributed by atoms with van der Waals surface area (Å²) in [6, 6.07) is -0.771. The monoisotopic (exact) mass is 337 g/mol. The zero-order valence-corrected chi connectivity index (χ0v) is 14.7. The highest BCUT2D eigenvalue weighted by Gasteiger charge is 2.54. The first-order valence-electron chi connectivity index (χ1n) is 9.61. The van der Waals surface area contributed by atoms with Crippen molar-refractivity contribution in [3.05, 3.63) is 0 Å². The highest BCUT2D eigenvalue weighted by Crippen LogP contribution is 2.34. The van der Waals surface area contributed by atoms with Crippen molar-refractivity contribution in [1.29, 1.82) is 0 Å². The van der Waals surface area contributed by atoms with Crippen LogP contribution in [0.2, 0.25) is 0 Å². The summed E-state index contributed by atoms with van der Waals surface area (Å²) < 4.78 is 0. The predicted octanol–water partition coefficient (Wildman–Crippen LogP) is 0.787.